The first-order chi connectivity index (χ1) is 9.48. The molecule has 5 heteroatoms. The predicted octanol–water partition coefficient (Wildman–Crippen LogP) is 1.75. The largest absolute Gasteiger partial charge is 0.365 e. The van der Waals surface area contributed by atoms with Gasteiger partial charge >= 0.3 is 0 Å². The van der Waals surface area contributed by atoms with Gasteiger partial charge in [-0.05, 0) is 45.6 Å². The molecule has 1 saturated heterocycles. The first-order valence-corrected chi connectivity index (χ1v) is 7.43. The lowest BCUT2D eigenvalue weighted by atomic mass is 10.0. The number of carbonyl (C=O) groups excluding carboxylic acids is 1. The topological polar surface area (TPSA) is 56.2 Å². The fourth-order valence-corrected chi connectivity index (χ4v) is 2.88. The van der Waals surface area contributed by atoms with Crippen LogP contribution in [0.2, 0.25) is 0 Å². The summed E-state index contributed by atoms with van der Waals surface area (Å²) in [5.41, 5.74) is 2.95. The maximum absolute atomic E-state index is 12.1. The van der Waals surface area contributed by atoms with Crippen LogP contribution in [-0.2, 0) is 22.5 Å². The first kappa shape index (κ1) is 15.0. The van der Waals surface area contributed by atoms with Gasteiger partial charge < -0.3 is 10.1 Å². The van der Waals surface area contributed by atoms with Crippen molar-refractivity contribution >= 4 is 5.91 Å². The van der Waals surface area contributed by atoms with E-state index in [4.69, 9.17) is 4.74 Å². The molecule has 1 fully saturated rings. The van der Waals surface area contributed by atoms with E-state index in [0.717, 1.165) is 25.0 Å². The minimum atomic E-state index is -0.635. The molecule has 1 aliphatic heterocycles. The predicted molar refractivity (Wildman–Crippen MR) is 77.7 cm³/mol. The Kier molecular flexibility index (Phi) is 4.48. The molecule has 1 N–H and O–H groups in total. The van der Waals surface area contributed by atoms with E-state index >= 15 is 0 Å². The summed E-state index contributed by atoms with van der Waals surface area (Å²) in [6, 6.07) is 0. The maximum Gasteiger partial charge on any atom is 0.252 e. The fourth-order valence-electron chi connectivity index (χ4n) is 2.88. The van der Waals surface area contributed by atoms with Crippen molar-refractivity contribution in [2.75, 3.05) is 13.2 Å². The van der Waals surface area contributed by atoms with Crippen molar-refractivity contribution in [1.82, 2.24) is 15.1 Å². The molecule has 0 spiro atoms. The molecule has 0 aliphatic carbocycles. The molecule has 1 aromatic rings. The molecule has 0 unspecified atom stereocenters. The number of carbonyl (C=O) groups is 1. The molecule has 0 radical (unpaired) electrons. The van der Waals surface area contributed by atoms with Crippen LogP contribution < -0.4 is 5.32 Å². The lowest BCUT2D eigenvalue weighted by Crippen LogP contribution is -2.45. The third-order valence-corrected chi connectivity index (χ3v) is 4.19. The number of ether oxygens (including phenoxy) is 1. The van der Waals surface area contributed by atoms with Gasteiger partial charge in [-0.2, -0.15) is 5.10 Å². The van der Waals surface area contributed by atoms with Gasteiger partial charge in [-0.3, -0.25) is 9.48 Å². The second-order valence-electron chi connectivity index (χ2n) is 5.66. The Morgan fingerprint density at radius 3 is 2.80 bits per heavy atom. The lowest BCUT2D eigenvalue weighted by molar-refractivity contribution is -0.139. The molecule has 5 nitrogen and oxygen atoms in total. The van der Waals surface area contributed by atoms with Crippen LogP contribution in [-0.4, -0.2) is 34.4 Å². The Labute approximate surface area is 120 Å². The van der Waals surface area contributed by atoms with Gasteiger partial charge in [-0.1, -0.05) is 6.92 Å². The summed E-state index contributed by atoms with van der Waals surface area (Å²) >= 11 is 0. The van der Waals surface area contributed by atoms with E-state index in [9.17, 15) is 4.79 Å². The quantitative estimate of drug-likeness (QED) is 0.893. The first-order valence-electron chi connectivity index (χ1n) is 7.43. The summed E-state index contributed by atoms with van der Waals surface area (Å²) in [6.45, 7) is 10.1. The summed E-state index contributed by atoms with van der Waals surface area (Å²) in [4.78, 5) is 12.1. The van der Waals surface area contributed by atoms with Gasteiger partial charge in [0, 0.05) is 18.8 Å². The summed E-state index contributed by atoms with van der Waals surface area (Å²) < 4.78 is 7.51. The van der Waals surface area contributed by atoms with Crippen molar-refractivity contribution in [3.05, 3.63) is 17.0 Å². The average molecular weight is 279 g/mol. The highest BCUT2D eigenvalue weighted by atomic mass is 16.5. The van der Waals surface area contributed by atoms with Gasteiger partial charge in [0.25, 0.3) is 5.91 Å². The monoisotopic (exact) mass is 279 g/mol. The summed E-state index contributed by atoms with van der Waals surface area (Å²) in [7, 11) is 0. The number of aromatic nitrogens is 2. The zero-order valence-electron chi connectivity index (χ0n) is 13.0. The van der Waals surface area contributed by atoms with Crippen LogP contribution in [0.1, 0.15) is 43.6 Å². The molecule has 1 aromatic heterocycles. The molecule has 1 aliphatic rings. The molecular weight excluding hydrogens is 254 g/mol. The molecule has 1 amide bonds. The van der Waals surface area contributed by atoms with E-state index in [1.807, 2.05) is 18.5 Å². The van der Waals surface area contributed by atoms with Crippen LogP contribution in [0.5, 0.6) is 0 Å². The average Bonchev–Trinajstić information content (AvgIpc) is 2.96. The van der Waals surface area contributed by atoms with Crippen LogP contribution in [0.15, 0.2) is 0 Å². The molecule has 2 rings (SSSR count). The highest BCUT2D eigenvalue weighted by Crippen LogP contribution is 2.24. The van der Waals surface area contributed by atoms with E-state index in [1.54, 1.807) is 0 Å². The number of amides is 1. The summed E-state index contributed by atoms with van der Waals surface area (Å²) in [5, 5.41) is 7.49. The van der Waals surface area contributed by atoms with E-state index in [0.29, 0.717) is 19.7 Å². The van der Waals surface area contributed by atoms with Crippen molar-refractivity contribution in [2.45, 2.75) is 59.1 Å². The third kappa shape index (κ3) is 2.87. The molecule has 112 valence electrons. The van der Waals surface area contributed by atoms with E-state index in [2.05, 4.69) is 24.3 Å². The van der Waals surface area contributed by atoms with Crippen molar-refractivity contribution in [2.24, 2.45) is 0 Å². The smallest absolute Gasteiger partial charge is 0.252 e. The zero-order valence-corrected chi connectivity index (χ0v) is 13.0. The molecule has 1 atom stereocenters. The van der Waals surface area contributed by atoms with Crippen LogP contribution in [0.4, 0.5) is 0 Å². The fraction of sp³-hybridized carbons (Fsp3) is 0.733. The van der Waals surface area contributed by atoms with E-state index in [1.165, 1.54) is 11.3 Å². The zero-order chi connectivity index (χ0) is 14.8. The normalized spacial score (nSPS) is 22.2. The number of nitrogens with zero attached hydrogens (tertiary/aromatic N) is 2. The molecule has 2 heterocycles. The van der Waals surface area contributed by atoms with Crippen LogP contribution >= 0.6 is 0 Å². The van der Waals surface area contributed by atoms with Gasteiger partial charge in [0.05, 0.1) is 12.2 Å². The van der Waals surface area contributed by atoms with E-state index < -0.39 is 5.60 Å². The van der Waals surface area contributed by atoms with E-state index in [-0.39, 0.29) is 5.91 Å². The summed E-state index contributed by atoms with van der Waals surface area (Å²) in [5.74, 6) is -0.00718. The van der Waals surface area contributed by atoms with Gasteiger partial charge in [0.1, 0.15) is 5.60 Å². The Morgan fingerprint density at radius 1 is 1.50 bits per heavy atom. The molecule has 20 heavy (non-hydrogen) atoms. The minimum Gasteiger partial charge on any atom is -0.365 e. The van der Waals surface area contributed by atoms with Gasteiger partial charge in [0.2, 0.25) is 0 Å². The Bertz CT molecular complexity index is 488. The standard InChI is InChI=1S/C15H25N3O2/c1-5-13-11(2)17-18(12(13)3)9-8-16-14(19)15(4)7-6-10-20-15/h5-10H2,1-4H3,(H,16,19)/t15-/m1/s1. The maximum atomic E-state index is 12.1. The van der Waals surface area contributed by atoms with Crippen LogP contribution in [0, 0.1) is 13.8 Å². The number of hydrogen-bond donors (Lipinski definition) is 1. The molecule has 0 aromatic carbocycles. The summed E-state index contributed by atoms with van der Waals surface area (Å²) in [6.07, 6.45) is 2.76. The minimum absolute atomic E-state index is 0.00718. The van der Waals surface area contributed by atoms with Crippen molar-refractivity contribution in [1.29, 1.82) is 0 Å². The van der Waals surface area contributed by atoms with Crippen molar-refractivity contribution < 1.29 is 9.53 Å². The van der Waals surface area contributed by atoms with Crippen molar-refractivity contribution in [3.63, 3.8) is 0 Å². The number of nitrogens with one attached hydrogen (secondary N) is 1. The Morgan fingerprint density at radius 2 is 2.25 bits per heavy atom. The second kappa shape index (κ2) is 5.95. The Balaban J connectivity index is 1.88. The third-order valence-electron chi connectivity index (χ3n) is 4.19. The molecular formula is C15H25N3O2. The number of hydrogen-bond acceptors (Lipinski definition) is 3. The highest BCUT2D eigenvalue weighted by molar-refractivity contribution is 5.84. The van der Waals surface area contributed by atoms with Crippen LogP contribution in [0.3, 0.4) is 0 Å². The number of aryl methyl sites for hydroxylation is 1. The molecule has 0 bridgehead atoms. The SMILES string of the molecule is CCc1c(C)nn(CCNC(=O)[C@@]2(C)CCCO2)c1C. The highest BCUT2D eigenvalue weighted by Gasteiger charge is 2.37. The number of rotatable bonds is 5. The lowest BCUT2D eigenvalue weighted by Gasteiger charge is -2.21. The van der Waals surface area contributed by atoms with Gasteiger partial charge in [-0.25, -0.2) is 0 Å². The molecule has 0 saturated carbocycles. The van der Waals surface area contributed by atoms with Gasteiger partial charge in [0.15, 0.2) is 0 Å². The van der Waals surface area contributed by atoms with Crippen molar-refractivity contribution in [3.8, 4) is 0 Å². The second-order valence-corrected chi connectivity index (χ2v) is 5.66. The van der Waals surface area contributed by atoms with Crippen LogP contribution in [0.25, 0.3) is 0 Å². The Hall–Kier alpha value is -1.36. The van der Waals surface area contributed by atoms with Gasteiger partial charge in [-0.15, -0.1) is 0 Å².